The van der Waals surface area contributed by atoms with Crippen LogP contribution in [0.4, 0.5) is 14.5 Å². The topological polar surface area (TPSA) is 56.8 Å². The maximum absolute atomic E-state index is 12.3. The second-order valence-electron chi connectivity index (χ2n) is 5.98. The van der Waals surface area contributed by atoms with E-state index in [-0.39, 0.29) is 18.9 Å². The van der Waals surface area contributed by atoms with E-state index in [0.29, 0.717) is 28.5 Å². The number of rotatable bonds is 9. The van der Waals surface area contributed by atoms with Crippen molar-refractivity contribution in [1.29, 1.82) is 0 Å². The van der Waals surface area contributed by atoms with E-state index in [2.05, 4.69) is 5.32 Å². The molecular weight excluding hydrogens is 356 g/mol. The van der Waals surface area contributed by atoms with Crippen LogP contribution in [-0.2, 0) is 4.79 Å². The van der Waals surface area contributed by atoms with Gasteiger partial charge in [0, 0.05) is 11.8 Å². The molecule has 0 unspecified atom stereocenters. The van der Waals surface area contributed by atoms with Crippen molar-refractivity contribution in [2.45, 2.75) is 26.7 Å². The number of benzene rings is 2. The van der Waals surface area contributed by atoms with Crippen molar-refractivity contribution in [3.05, 3.63) is 47.5 Å². The van der Waals surface area contributed by atoms with E-state index >= 15 is 0 Å². The Labute approximate surface area is 157 Å². The van der Waals surface area contributed by atoms with Crippen LogP contribution in [0.2, 0.25) is 0 Å². The van der Waals surface area contributed by atoms with Crippen molar-refractivity contribution < 1.29 is 27.8 Å². The predicted molar refractivity (Wildman–Crippen MR) is 99.2 cm³/mol. The summed E-state index contributed by atoms with van der Waals surface area (Å²) in [5.41, 5.74) is 2.23. The number of carbonyl (C=O) groups is 1. The zero-order valence-corrected chi connectivity index (χ0v) is 15.6. The normalized spacial score (nSPS) is 10.6. The maximum Gasteiger partial charge on any atom is 0.272 e. The lowest BCUT2D eigenvalue weighted by Crippen LogP contribution is -2.15. The second kappa shape index (κ2) is 9.75. The second-order valence-corrected chi connectivity index (χ2v) is 5.98. The van der Waals surface area contributed by atoms with Crippen molar-refractivity contribution in [3.8, 4) is 17.2 Å². The van der Waals surface area contributed by atoms with Crippen molar-refractivity contribution in [1.82, 2.24) is 0 Å². The van der Waals surface area contributed by atoms with Crippen molar-refractivity contribution in [2.75, 3.05) is 25.6 Å². The van der Waals surface area contributed by atoms with E-state index in [1.54, 1.807) is 32.2 Å². The molecule has 0 aliphatic rings. The zero-order chi connectivity index (χ0) is 19.8. The summed E-state index contributed by atoms with van der Waals surface area (Å²) >= 11 is 0. The number of carbonyl (C=O) groups excluding carboxylic acids is 1. The third-order valence-electron chi connectivity index (χ3n) is 3.74. The van der Waals surface area contributed by atoms with E-state index in [1.165, 1.54) is 6.07 Å². The molecule has 2 rings (SSSR count). The average molecular weight is 379 g/mol. The lowest BCUT2D eigenvalue weighted by Gasteiger charge is -2.13. The lowest BCUT2D eigenvalue weighted by atomic mass is 10.2. The molecule has 2 aromatic carbocycles. The molecule has 0 radical (unpaired) electrons. The van der Waals surface area contributed by atoms with Crippen LogP contribution in [0, 0.1) is 13.8 Å². The van der Waals surface area contributed by atoms with Crippen molar-refractivity contribution >= 4 is 11.6 Å². The van der Waals surface area contributed by atoms with Gasteiger partial charge in [0.1, 0.15) is 12.4 Å². The minimum Gasteiger partial charge on any atom is -0.493 e. The van der Waals surface area contributed by atoms with Gasteiger partial charge in [0.2, 0.25) is 5.91 Å². The number of amides is 1. The van der Waals surface area contributed by atoms with Gasteiger partial charge in [0.05, 0.1) is 20.1 Å². The zero-order valence-electron chi connectivity index (χ0n) is 15.6. The van der Waals surface area contributed by atoms with Gasteiger partial charge in [-0.1, -0.05) is 12.1 Å². The van der Waals surface area contributed by atoms with Crippen LogP contribution in [0.15, 0.2) is 36.4 Å². The van der Waals surface area contributed by atoms with Crippen LogP contribution < -0.4 is 19.5 Å². The molecule has 0 saturated heterocycles. The summed E-state index contributed by atoms with van der Waals surface area (Å²) < 4.78 is 40.5. The first-order valence-electron chi connectivity index (χ1n) is 8.48. The molecule has 0 atom stereocenters. The van der Waals surface area contributed by atoms with Crippen LogP contribution >= 0.6 is 0 Å². The highest BCUT2D eigenvalue weighted by Crippen LogP contribution is 2.28. The predicted octanol–water partition coefficient (Wildman–Crippen LogP) is 4.36. The first-order valence-corrected chi connectivity index (χ1v) is 8.48. The Morgan fingerprint density at radius 3 is 2.52 bits per heavy atom. The molecule has 0 aromatic heterocycles. The summed E-state index contributed by atoms with van der Waals surface area (Å²) in [7, 11) is 1.55. The standard InChI is InChI=1S/C20H23F2NO4/c1-13-4-7-16(18(10-13)25-3)26-9-8-20(24)23-15-6-5-14(2)17(11-15)27-12-19(21)22/h4-7,10-11,19H,8-9,12H2,1-3H3,(H,23,24). The molecule has 0 spiro atoms. The number of nitrogens with one attached hydrogen (secondary N) is 1. The van der Waals surface area contributed by atoms with Crippen LogP contribution in [0.5, 0.6) is 17.2 Å². The molecule has 0 aliphatic carbocycles. The smallest absolute Gasteiger partial charge is 0.272 e. The van der Waals surface area contributed by atoms with Gasteiger partial charge in [-0.3, -0.25) is 4.79 Å². The minimum atomic E-state index is -2.56. The number of hydrogen-bond acceptors (Lipinski definition) is 4. The fraction of sp³-hybridized carbons (Fsp3) is 0.350. The largest absolute Gasteiger partial charge is 0.493 e. The molecule has 0 aliphatic heterocycles. The molecule has 27 heavy (non-hydrogen) atoms. The molecule has 2 aromatic rings. The summed E-state index contributed by atoms with van der Waals surface area (Å²) in [5.74, 6) is 1.22. The number of halogens is 2. The highest BCUT2D eigenvalue weighted by molar-refractivity contribution is 5.91. The fourth-order valence-electron chi connectivity index (χ4n) is 2.36. The molecule has 0 bridgehead atoms. The number of alkyl halides is 2. The summed E-state index contributed by atoms with van der Waals surface area (Å²) in [4.78, 5) is 12.1. The van der Waals surface area contributed by atoms with Crippen molar-refractivity contribution in [3.63, 3.8) is 0 Å². The molecule has 0 heterocycles. The molecule has 7 heteroatoms. The van der Waals surface area contributed by atoms with Gasteiger partial charge < -0.3 is 19.5 Å². The number of ether oxygens (including phenoxy) is 3. The highest BCUT2D eigenvalue weighted by Gasteiger charge is 2.10. The van der Waals surface area contributed by atoms with Crippen molar-refractivity contribution in [2.24, 2.45) is 0 Å². The van der Waals surface area contributed by atoms with Crippen LogP contribution in [-0.4, -0.2) is 32.7 Å². The molecule has 1 N–H and O–H groups in total. The first-order chi connectivity index (χ1) is 12.9. The molecule has 0 fully saturated rings. The van der Waals surface area contributed by atoms with Gasteiger partial charge >= 0.3 is 0 Å². The monoisotopic (exact) mass is 379 g/mol. The molecule has 0 saturated carbocycles. The number of hydrogen-bond donors (Lipinski definition) is 1. The Kier molecular flexibility index (Phi) is 7.40. The van der Waals surface area contributed by atoms with Gasteiger partial charge in [-0.2, -0.15) is 0 Å². The summed E-state index contributed by atoms with van der Waals surface area (Å²) in [6.45, 7) is 3.17. The quantitative estimate of drug-likeness (QED) is 0.703. The summed E-state index contributed by atoms with van der Waals surface area (Å²) in [6, 6.07) is 10.4. The summed E-state index contributed by atoms with van der Waals surface area (Å²) in [5, 5.41) is 2.70. The Hall–Kier alpha value is -2.83. The number of aryl methyl sites for hydroxylation is 2. The lowest BCUT2D eigenvalue weighted by molar-refractivity contribution is -0.116. The van der Waals surface area contributed by atoms with Gasteiger partial charge in [-0.05, 0) is 43.2 Å². The summed E-state index contributed by atoms with van der Waals surface area (Å²) in [6.07, 6.45) is -2.43. The van der Waals surface area contributed by atoms with Gasteiger partial charge in [0.25, 0.3) is 6.43 Å². The van der Waals surface area contributed by atoms with Gasteiger partial charge in [-0.25, -0.2) is 8.78 Å². The van der Waals surface area contributed by atoms with Gasteiger partial charge in [0.15, 0.2) is 11.5 Å². The van der Waals surface area contributed by atoms with E-state index < -0.39 is 13.0 Å². The average Bonchev–Trinajstić information content (AvgIpc) is 2.63. The van der Waals surface area contributed by atoms with Crippen LogP contribution in [0.25, 0.3) is 0 Å². The molecule has 146 valence electrons. The molecule has 1 amide bonds. The molecular formula is C20H23F2NO4. The Morgan fingerprint density at radius 1 is 1.04 bits per heavy atom. The fourth-order valence-corrected chi connectivity index (χ4v) is 2.36. The van der Waals surface area contributed by atoms with E-state index in [1.807, 2.05) is 19.1 Å². The minimum absolute atomic E-state index is 0.123. The first kappa shape index (κ1) is 20.5. The third-order valence-corrected chi connectivity index (χ3v) is 3.74. The van der Waals surface area contributed by atoms with Crippen LogP contribution in [0.1, 0.15) is 17.5 Å². The highest BCUT2D eigenvalue weighted by atomic mass is 19.3. The SMILES string of the molecule is COc1cc(C)ccc1OCCC(=O)Nc1ccc(C)c(OCC(F)F)c1. The van der Waals surface area contributed by atoms with E-state index in [0.717, 1.165) is 5.56 Å². The third kappa shape index (κ3) is 6.44. The Balaban J connectivity index is 1.88. The molecule has 5 nitrogen and oxygen atoms in total. The van der Waals surface area contributed by atoms with Gasteiger partial charge in [-0.15, -0.1) is 0 Å². The number of methoxy groups -OCH3 is 1. The van der Waals surface area contributed by atoms with E-state index in [4.69, 9.17) is 14.2 Å². The van der Waals surface area contributed by atoms with Crippen LogP contribution in [0.3, 0.4) is 0 Å². The Bertz CT molecular complexity index is 781. The number of anilines is 1. The van der Waals surface area contributed by atoms with E-state index in [9.17, 15) is 13.6 Å². The maximum atomic E-state index is 12.3. The Morgan fingerprint density at radius 2 is 1.81 bits per heavy atom.